The van der Waals surface area contributed by atoms with E-state index in [9.17, 15) is 8.42 Å². The van der Waals surface area contributed by atoms with Crippen LogP contribution in [-0.4, -0.2) is 8.42 Å². The van der Waals surface area contributed by atoms with Crippen LogP contribution in [0, 0.1) is 27.7 Å². The lowest BCUT2D eigenvalue weighted by atomic mass is 9.98. The van der Waals surface area contributed by atoms with Gasteiger partial charge in [-0.2, -0.15) is 0 Å². The standard InChI is InChI=1S/C52H42N2O2S/c1-35-5-19-43(20-6-35)53(44-21-7-36(2)8-22-44)47-27-13-39(14-28-47)41-17-31-49-50-32-18-42(34-52(50)57(55,56)51(49)33-41)40-15-29-48(30-16-40)54(45-23-9-37(3)10-24-45)46-25-11-38(4)12-26-46/h5-34H,1-4H3. The average molecular weight is 759 g/mol. The summed E-state index contributed by atoms with van der Waals surface area (Å²) < 4.78 is 28.5. The molecule has 1 heterocycles. The highest BCUT2D eigenvalue weighted by Gasteiger charge is 2.33. The summed E-state index contributed by atoms with van der Waals surface area (Å²) in [5.74, 6) is 0. The Bertz CT molecular complexity index is 2560. The first-order valence-corrected chi connectivity index (χ1v) is 20.7. The number of fused-ring (bicyclic) bond motifs is 3. The SMILES string of the molecule is Cc1ccc(N(c2ccc(C)cc2)c2ccc(-c3ccc4c(c3)S(=O)(=O)c3cc(-c5ccc(N(c6ccc(C)cc6)c6ccc(C)cc6)cc5)ccc3-4)cc2)cc1. The minimum Gasteiger partial charge on any atom is -0.311 e. The Balaban J connectivity index is 1.00. The van der Waals surface area contributed by atoms with Crippen LogP contribution >= 0.6 is 0 Å². The number of aryl methyl sites for hydroxylation is 4. The minimum absolute atomic E-state index is 0.347. The second kappa shape index (κ2) is 14.4. The van der Waals surface area contributed by atoms with Gasteiger partial charge in [0, 0.05) is 45.3 Å². The maximum atomic E-state index is 14.2. The summed E-state index contributed by atoms with van der Waals surface area (Å²) in [7, 11) is -3.74. The van der Waals surface area contributed by atoms with Gasteiger partial charge in [0.1, 0.15) is 0 Å². The van der Waals surface area contributed by atoms with E-state index >= 15 is 0 Å². The van der Waals surface area contributed by atoms with Gasteiger partial charge in [-0.1, -0.05) is 119 Å². The van der Waals surface area contributed by atoms with Gasteiger partial charge in [-0.15, -0.1) is 0 Å². The van der Waals surface area contributed by atoms with E-state index in [4.69, 9.17) is 0 Å². The fraction of sp³-hybridized carbons (Fsp3) is 0.0769. The van der Waals surface area contributed by atoms with Gasteiger partial charge in [0.2, 0.25) is 9.84 Å². The van der Waals surface area contributed by atoms with Crippen molar-refractivity contribution >= 4 is 44.0 Å². The molecule has 0 saturated heterocycles. The summed E-state index contributed by atoms with van der Waals surface area (Å²) in [4.78, 5) is 5.17. The second-order valence-corrected chi connectivity index (χ2v) is 16.9. The summed E-state index contributed by atoms with van der Waals surface area (Å²) >= 11 is 0. The molecule has 0 amide bonds. The van der Waals surface area contributed by atoms with Crippen molar-refractivity contribution in [2.24, 2.45) is 0 Å². The number of sulfone groups is 1. The molecule has 8 aromatic carbocycles. The fourth-order valence-corrected chi connectivity index (χ4v) is 9.42. The quantitative estimate of drug-likeness (QED) is 0.155. The molecule has 0 aromatic heterocycles. The predicted octanol–water partition coefficient (Wildman–Crippen LogP) is 14.0. The van der Waals surface area contributed by atoms with E-state index in [1.165, 1.54) is 22.3 Å². The highest BCUT2D eigenvalue weighted by Crippen LogP contribution is 2.46. The van der Waals surface area contributed by atoms with Crippen LogP contribution in [0.3, 0.4) is 0 Å². The Hall–Kier alpha value is -6.69. The fourth-order valence-electron chi connectivity index (χ4n) is 7.69. The molecule has 278 valence electrons. The van der Waals surface area contributed by atoms with Crippen molar-refractivity contribution in [3.05, 3.63) is 204 Å². The van der Waals surface area contributed by atoms with Gasteiger partial charge >= 0.3 is 0 Å². The molecule has 1 aliphatic heterocycles. The molecular weight excluding hydrogens is 717 g/mol. The highest BCUT2D eigenvalue weighted by molar-refractivity contribution is 7.92. The van der Waals surface area contributed by atoms with Gasteiger partial charge in [-0.3, -0.25) is 0 Å². The van der Waals surface area contributed by atoms with Gasteiger partial charge in [0.15, 0.2) is 0 Å². The van der Waals surface area contributed by atoms with E-state index < -0.39 is 9.84 Å². The maximum absolute atomic E-state index is 14.2. The molecule has 0 N–H and O–H groups in total. The highest BCUT2D eigenvalue weighted by atomic mass is 32.2. The van der Waals surface area contributed by atoms with Crippen LogP contribution in [0.2, 0.25) is 0 Å². The summed E-state index contributed by atoms with van der Waals surface area (Å²) in [5.41, 5.74) is 16.2. The average Bonchev–Trinajstić information content (AvgIpc) is 3.46. The van der Waals surface area contributed by atoms with E-state index in [2.05, 4.69) is 183 Å². The van der Waals surface area contributed by atoms with Crippen molar-refractivity contribution in [1.29, 1.82) is 0 Å². The summed E-state index contributed by atoms with van der Waals surface area (Å²) in [6.45, 7) is 8.37. The van der Waals surface area contributed by atoms with Gasteiger partial charge in [-0.05, 0) is 135 Å². The lowest BCUT2D eigenvalue weighted by molar-refractivity contribution is 0.599. The molecule has 0 unspecified atom stereocenters. The number of anilines is 6. The molecule has 0 bridgehead atoms. The Morgan fingerprint density at radius 2 is 0.526 bits per heavy atom. The van der Waals surface area contributed by atoms with E-state index in [1.54, 1.807) is 0 Å². The Kier molecular flexibility index (Phi) is 9.11. The van der Waals surface area contributed by atoms with Crippen LogP contribution in [0.4, 0.5) is 34.1 Å². The lowest BCUT2D eigenvalue weighted by Crippen LogP contribution is -2.09. The van der Waals surface area contributed by atoms with Crippen molar-refractivity contribution in [3.8, 4) is 33.4 Å². The Morgan fingerprint density at radius 1 is 0.298 bits per heavy atom. The Morgan fingerprint density at radius 3 is 0.789 bits per heavy atom. The van der Waals surface area contributed by atoms with Crippen molar-refractivity contribution in [1.82, 2.24) is 0 Å². The number of hydrogen-bond donors (Lipinski definition) is 0. The topological polar surface area (TPSA) is 40.6 Å². The molecule has 4 nitrogen and oxygen atoms in total. The van der Waals surface area contributed by atoms with E-state index in [-0.39, 0.29) is 0 Å². The van der Waals surface area contributed by atoms with Crippen LogP contribution in [0.5, 0.6) is 0 Å². The first-order chi connectivity index (χ1) is 27.6. The van der Waals surface area contributed by atoms with E-state index in [1.807, 2.05) is 36.4 Å². The summed E-state index contributed by atoms with van der Waals surface area (Å²) in [6.07, 6.45) is 0. The van der Waals surface area contributed by atoms with Crippen LogP contribution in [0.15, 0.2) is 192 Å². The molecule has 57 heavy (non-hydrogen) atoms. The van der Waals surface area contributed by atoms with Crippen LogP contribution in [0.25, 0.3) is 33.4 Å². The molecule has 0 saturated carbocycles. The maximum Gasteiger partial charge on any atom is 0.207 e. The van der Waals surface area contributed by atoms with Crippen molar-refractivity contribution in [2.75, 3.05) is 9.80 Å². The molecular formula is C52H42N2O2S. The Labute approximate surface area is 335 Å². The van der Waals surface area contributed by atoms with Gasteiger partial charge in [0.25, 0.3) is 0 Å². The molecule has 0 fully saturated rings. The third-order valence-corrected chi connectivity index (χ3v) is 12.8. The van der Waals surface area contributed by atoms with Crippen LogP contribution in [-0.2, 0) is 9.84 Å². The zero-order valence-corrected chi connectivity index (χ0v) is 33.3. The van der Waals surface area contributed by atoms with E-state index in [0.717, 1.165) is 67.5 Å². The molecule has 0 aliphatic carbocycles. The smallest absolute Gasteiger partial charge is 0.207 e. The van der Waals surface area contributed by atoms with Gasteiger partial charge in [0.05, 0.1) is 9.79 Å². The lowest BCUT2D eigenvalue weighted by Gasteiger charge is -2.26. The number of nitrogens with zero attached hydrogens (tertiary/aromatic N) is 2. The predicted molar refractivity (Wildman–Crippen MR) is 237 cm³/mol. The van der Waals surface area contributed by atoms with Crippen LogP contribution < -0.4 is 9.80 Å². The first kappa shape index (κ1) is 36.0. The third kappa shape index (κ3) is 6.81. The minimum atomic E-state index is -3.74. The van der Waals surface area contributed by atoms with E-state index in [0.29, 0.717) is 9.79 Å². The van der Waals surface area contributed by atoms with Gasteiger partial charge in [-0.25, -0.2) is 8.42 Å². The summed E-state index contributed by atoms with van der Waals surface area (Å²) in [6, 6.07) is 62.4. The van der Waals surface area contributed by atoms with Crippen molar-refractivity contribution in [3.63, 3.8) is 0 Å². The van der Waals surface area contributed by atoms with Crippen LogP contribution in [0.1, 0.15) is 22.3 Å². The zero-order valence-electron chi connectivity index (χ0n) is 32.4. The number of hydrogen-bond acceptors (Lipinski definition) is 4. The second-order valence-electron chi connectivity index (χ2n) is 15.0. The largest absolute Gasteiger partial charge is 0.311 e. The molecule has 0 radical (unpaired) electrons. The molecule has 9 rings (SSSR count). The third-order valence-electron chi connectivity index (χ3n) is 10.9. The molecule has 0 spiro atoms. The number of benzene rings is 8. The number of rotatable bonds is 8. The molecule has 8 aromatic rings. The monoisotopic (exact) mass is 758 g/mol. The molecule has 0 atom stereocenters. The molecule has 1 aliphatic rings. The summed E-state index contributed by atoms with van der Waals surface area (Å²) in [5, 5.41) is 0. The zero-order chi connectivity index (χ0) is 39.3. The van der Waals surface area contributed by atoms with Crippen molar-refractivity contribution in [2.45, 2.75) is 37.5 Å². The van der Waals surface area contributed by atoms with Gasteiger partial charge < -0.3 is 9.80 Å². The molecule has 5 heteroatoms. The first-order valence-electron chi connectivity index (χ1n) is 19.2. The van der Waals surface area contributed by atoms with Crippen molar-refractivity contribution < 1.29 is 8.42 Å². The normalized spacial score (nSPS) is 12.5.